The van der Waals surface area contributed by atoms with Gasteiger partial charge in [0.1, 0.15) is 0 Å². The minimum Gasteiger partial charge on any atom is -0.421 e. The van der Waals surface area contributed by atoms with Gasteiger partial charge in [0.15, 0.2) is 11.2 Å². The van der Waals surface area contributed by atoms with Crippen LogP contribution >= 0.6 is 0 Å². The molecule has 0 aliphatic heterocycles. The molecule has 0 spiro atoms. The number of nitrogens with zero attached hydrogens (tertiary/aromatic N) is 4. The van der Waals surface area contributed by atoms with Gasteiger partial charge in [-0.2, -0.15) is 9.97 Å². The summed E-state index contributed by atoms with van der Waals surface area (Å²) in [4.78, 5) is 16.5. The molecule has 0 atom stereocenters. The first-order chi connectivity index (χ1) is 9.38. The van der Waals surface area contributed by atoms with Crippen LogP contribution < -0.4 is 5.32 Å². The van der Waals surface area contributed by atoms with Crippen LogP contribution in [0.3, 0.4) is 0 Å². The van der Waals surface area contributed by atoms with Gasteiger partial charge < -0.3 is 8.83 Å². The predicted molar refractivity (Wildman–Crippen MR) is 66.9 cm³/mol. The Hall–Kier alpha value is -2.96. The van der Waals surface area contributed by atoms with Crippen molar-refractivity contribution in [3.8, 4) is 0 Å². The fraction of sp³-hybridized carbons (Fsp3) is 0. The Bertz CT molecular complexity index is 728. The highest BCUT2D eigenvalue weighted by molar-refractivity contribution is 5.72. The maximum atomic E-state index is 5.46. The van der Waals surface area contributed by atoms with Crippen molar-refractivity contribution >= 4 is 34.5 Å². The molecular weight excluding hydrogens is 246 g/mol. The first-order valence-corrected chi connectivity index (χ1v) is 5.59. The molecule has 0 saturated heterocycles. The number of nitrogens with one attached hydrogen (secondary N) is 1. The molecule has 0 fully saturated rings. The van der Waals surface area contributed by atoms with Crippen LogP contribution in [0.25, 0.3) is 22.5 Å². The molecule has 19 heavy (non-hydrogen) atoms. The van der Waals surface area contributed by atoms with Gasteiger partial charge >= 0.3 is 12.0 Å². The van der Waals surface area contributed by atoms with E-state index in [4.69, 9.17) is 8.83 Å². The summed E-state index contributed by atoms with van der Waals surface area (Å²) < 4.78 is 10.9. The Kier molecular flexibility index (Phi) is 1.99. The van der Waals surface area contributed by atoms with Gasteiger partial charge in [-0.15, -0.1) is 0 Å². The quantitative estimate of drug-likeness (QED) is 0.586. The third kappa shape index (κ3) is 1.68. The van der Waals surface area contributed by atoms with E-state index in [0.717, 1.165) is 0 Å². The largest absolute Gasteiger partial charge is 0.421 e. The maximum Gasteiger partial charge on any atom is 0.305 e. The van der Waals surface area contributed by atoms with E-state index in [9.17, 15) is 0 Å². The summed E-state index contributed by atoms with van der Waals surface area (Å²) >= 11 is 0. The van der Waals surface area contributed by atoms with E-state index >= 15 is 0 Å². The van der Waals surface area contributed by atoms with Gasteiger partial charge in [0.05, 0.1) is 0 Å². The van der Waals surface area contributed by atoms with Gasteiger partial charge in [0.2, 0.25) is 11.3 Å². The molecule has 0 bridgehead atoms. The lowest BCUT2D eigenvalue weighted by molar-refractivity contribution is 0.591. The van der Waals surface area contributed by atoms with Crippen LogP contribution in [0.1, 0.15) is 0 Å². The second-order valence-corrected chi connectivity index (χ2v) is 3.81. The van der Waals surface area contributed by atoms with Crippen LogP contribution in [0.5, 0.6) is 0 Å². The molecule has 0 saturated carbocycles. The van der Waals surface area contributed by atoms with Gasteiger partial charge in [0, 0.05) is 12.4 Å². The van der Waals surface area contributed by atoms with Crippen molar-refractivity contribution < 1.29 is 8.83 Å². The Balaban J connectivity index is 1.73. The summed E-state index contributed by atoms with van der Waals surface area (Å²) in [7, 11) is 0. The zero-order chi connectivity index (χ0) is 12.7. The van der Waals surface area contributed by atoms with Gasteiger partial charge in [-0.05, 0) is 24.3 Å². The van der Waals surface area contributed by atoms with Gasteiger partial charge in [0.25, 0.3) is 0 Å². The molecule has 7 nitrogen and oxygen atoms in total. The number of oxazole rings is 2. The first-order valence-electron chi connectivity index (χ1n) is 5.59. The highest BCUT2D eigenvalue weighted by atomic mass is 16.4. The van der Waals surface area contributed by atoms with Crippen molar-refractivity contribution in [3.05, 3.63) is 36.7 Å². The van der Waals surface area contributed by atoms with Crippen molar-refractivity contribution in [2.75, 3.05) is 5.32 Å². The smallest absolute Gasteiger partial charge is 0.305 e. The van der Waals surface area contributed by atoms with Crippen molar-refractivity contribution in [3.63, 3.8) is 0 Å². The molecule has 7 heteroatoms. The normalized spacial score (nSPS) is 11.2. The Morgan fingerprint density at radius 1 is 0.789 bits per heavy atom. The zero-order valence-corrected chi connectivity index (χ0v) is 9.57. The average molecular weight is 253 g/mol. The summed E-state index contributed by atoms with van der Waals surface area (Å²) in [6.07, 6.45) is 3.30. The first kappa shape index (κ1) is 10.0. The molecule has 0 amide bonds. The Morgan fingerprint density at radius 3 is 1.79 bits per heavy atom. The molecule has 0 unspecified atom stereocenters. The Labute approximate surface area is 106 Å². The molecule has 0 aliphatic carbocycles. The van der Waals surface area contributed by atoms with E-state index in [2.05, 4.69) is 25.3 Å². The lowest BCUT2D eigenvalue weighted by Gasteiger charge is -1.91. The highest BCUT2D eigenvalue weighted by Crippen LogP contribution is 2.22. The number of hydrogen-bond acceptors (Lipinski definition) is 7. The predicted octanol–water partition coefficient (Wildman–Crippen LogP) is 2.50. The number of hydrogen-bond donors (Lipinski definition) is 1. The fourth-order valence-electron chi connectivity index (χ4n) is 1.74. The molecule has 0 radical (unpaired) electrons. The second kappa shape index (κ2) is 3.77. The zero-order valence-electron chi connectivity index (χ0n) is 9.57. The van der Waals surface area contributed by atoms with E-state index in [1.165, 1.54) is 0 Å². The van der Waals surface area contributed by atoms with E-state index < -0.39 is 0 Å². The standard InChI is InChI=1S/C12H7N5O2/c1-3-7-9(13-5-1)15-11(18-7)17-12-16-10-8(19-12)4-2-6-14-10/h1-6H,(H,13,14,15,16,17). The van der Waals surface area contributed by atoms with E-state index in [0.29, 0.717) is 22.5 Å². The Morgan fingerprint density at radius 2 is 1.32 bits per heavy atom. The SMILES string of the molecule is c1cnc2nc(Nc3nc4ncccc4o3)oc2c1. The summed E-state index contributed by atoms with van der Waals surface area (Å²) in [6, 6.07) is 7.68. The van der Waals surface area contributed by atoms with Crippen LogP contribution in [0.15, 0.2) is 45.5 Å². The molecular formula is C12H7N5O2. The number of anilines is 2. The topological polar surface area (TPSA) is 89.9 Å². The van der Waals surface area contributed by atoms with Crippen molar-refractivity contribution in [1.29, 1.82) is 0 Å². The second-order valence-electron chi connectivity index (χ2n) is 3.81. The highest BCUT2D eigenvalue weighted by Gasteiger charge is 2.10. The lowest BCUT2D eigenvalue weighted by atomic mass is 10.5. The summed E-state index contributed by atoms with van der Waals surface area (Å²) in [5.41, 5.74) is 2.25. The lowest BCUT2D eigenvalue weighted by Crippen LogP contribution is -1.89. The molecule has 92 valence electrons. The number of fused-ring (bicyclic) bond motifs is 2. The minimum absolute atomic E-state index is 0.278. The summed E-state index contributed by atoms with van der Waals surface area (Å²) in [5, 5.41) is 2.85. The molecule has 4 aromatic heterocycles. The molecule has 0 aliphatic rings. The maximum absolute atomic E-state index is 5.46. The van der Waals surface area contributed by atoms with Crippen LogP contribution in [-0.2, 0) is 0 Å². The molecule has 1 N–H and O–H groups in total. The van der Waals surface area contributed by atoms with Crippen LogP contribution in [0.2, 0.25) is 0 Å². The van der Waals surface area contributed by atoms with Crippen molar-refractivity contribution in [2.45, 2.75) is 0 Å². The van der Waals surface area contributed by atoms with Crippen molar-refractivity contribution in [1.82, 2.24) is 19.9 Å². The van der Waals surface area contributed by atoms with Crippen LogP contribution in [-0.4, -0.2) is 19.9 Å². The van der Waals surface area contributed by atoms with E-state index in [-0.39, 0.29) is 12.0 Å². The van der Waals surface area contributed by atoms with Crippen LogP contribution in [0, 0.1) is 0 Å². The number of rotatable bonds is 2. The van der Waals surface area contributed by atoms with Crippen LogP contribution in [0.4, 0.5) is 12.0 Å². The average Bonchev–Trinajstić information content (AvgIpc) is 3.00. The third-order valence-electron chi connectivity index (χ3n) is 2.54. The minimum atomic E-state index is 0.278. The number of aromatic nitrogens is 4. The van der Waals surface area contributed by atoms with E-state index in [1.54, 1.807) is 36.7 Å². The monoisotopic (exact) mass is 253 g/mol. The van der Waals surface area contributed by atoms with E-state index in [1.807, 2.05) is 0 Å². The van der Waals surface area contributed by atoms with Crippen molar-refractivity contribution in [2.24, 2.45) is 0 Å². The van der Waals surface area contributed by atoms with Gasteiger partial charge in [-0.3, -0.25) is 5.32 Å². The fourth-order valence-corrected chi connectivity index (χ4v) is 1.74. The molecule has 4 aromatic rings. The number of pyridine rings is 2. The molecule has 0 aromatic carbocycles. The third-order valence-corrected chi connectivity index (χ3v) is 2.54. The van der Waals surface area contributed by atoms with Gasteiger partial charge in [-0.1, -0.05) is 0 Å². The molecule has 4 rings (SSSR count). The summed E-state index contributed by atoms with van der Waals surface area (Å²) in [6.45, 7) is 0. The summed E-state index contributed by atoms with van der Waals surface area (Å²) in [5.74, 6) is 0. The van der Waals surface area contributed by atoms with Gasteiger partial charge in [-0.25, -0.2) is 9.97 Å². The molecule has 4 heterocycles.